The average molecular weight is 398 g/mol. The SMILES string of the molecule is CCNC(=NCc1c(C)nn(-c2ccccc2)c1C)N1CC(C)C(C(=O)OC)C1. The van der Waals surface area contributed by atoms with Crippen LogP contribution in [-0.2, 0) is 16.1 Å². The molecule has 1 fully saturated rings. The number of carbonyl (C=O) groups excluding carboxylic acids is 1. The highest BCUT2D eigenvalue weighted by Gasteiger charge is 2.36. The van der Waals surface area contributed by atoms with Gasteiger partial charge in [-0.15, -0.1) is 0 Å². The number of carbonyl (C=O) groups is 1. The smallest absolute Gasteiger partial charge is 0.310 e. The number of para-hydroxylation sites is 1. The van der Waals surface area contributed by atoms with Crippen molar-refractivity contribution in [3.8, 4) is 5.69 Å². The van der Waals surface area contributed by atoms with Crippen molar-refractivity contribution in [2.75, 3.05) is 26.7 Å². The number of aliphatic imine (C=N–C) groups is 1. The van der Waals surface area contributed by atoms with Crippen molar-refractivity contribution in [2.45, 2.75) is 34.2 Å². The van der Waals surface area contributed by atoms with Crippen LogP contribution in [0.5, 0.6) is 0 Å². The number of aryl methyl sites for hydroxylation is 1. The number of aromatic nitrogens is 2. The van der Waals surface area contributed by atoms with Gasteiger partial charge in [0, 0.05) is 30.9 Å². The minimum atomic E-state index is -0.147. The summed E-state index contributed by atoms with van der Waals surface area (Å²) in [6, 6.07) is 10.1. The van der Waals surface area contributed by atoms with E-state index in [2.05, 4.69) is 43.1 Å². The molecule has 156 valence electrons. The standard InChI is InChI=1S/C22H31N5O2/c1-6-23-22(26-13-15(2)20(14-26)21(28)29-5)24-12-19-16(3)25-27(17(19)4)18-10-8-7-9-11-18/h7-11,15,20H,6,12-14H2,1-5H3,(H,23,24). The van der Waals surface area contributed by atoms with Crippen LogP contribution in [-0.4, -0.2) is 53.4 Å². The van der Waals surface area contributed by atoms with Crippen LogP contribution < -0.4 is 5.32 Å². The zero-order valence-corrected chi connectivity index (χ0v) is 18.0. The van der Waals surface area contributed by atoms with Crippen molar-refractivity contribution in [1.29, 1.82) is 0 Å². The highest BCUT2D eigenvalue weighted by Crippen LogP contribution is 2.25. The van der Waals surface area contributed by atoms with Gasteiger partial charge in [-0.2, -0.15) is 5.10 Å². The summed E-state index contributed by atoms with van der Waals surface area (Å²) < 4.78 is 6.93. The Morgan fingerprint density at radius 1 is 1.28 bits per heavy atom. The molecule has 7 heteroatoms. The van der Waals surface area contributed by atoms with Gasteiger partial charge in [0.2, 0.25) is 0 Å². The first kappa shape index (κ1) is 20.9. The number of rotatable bonds is 5. The monoisotopic (exact) mass is 397 g/mol. The van der Waals surface area contributed by atoms with Crippen molar-refractivity contribution in [1.82, 2.24) is 20.0 Å². The minimum absolute atomic E-state index is 0.117. The highest BCUT2D eigenvalue weighted by atomic mass is 16.5. The number of esters is 1. The largest absolute Gasteiger partial charge is 0.469 e. The maximum absolute atomic E-state index is 12.0. The number of nitrogens with zero attached hydrogens (tertiary/aromatic N) is 4. The van der Waals surface area contributed by atoms with Gasteiger partial charge in [0.05, 0.1) is 31.0 Å². The van der Waals surface area contributed by atoms with E-state index in [-0.39, 0.29) is 17.8 Å². The number of guanidine groups is 1. The first-order chi connectivity index (χ1) is 14.0. The van der Waals surface area contributed by atoms with Crippen LogP contribution >= 0.6 is 0 Å². The average Bonchev–Trinajstić information content (AvgIpc) is 3.25. The van der Waals surface area contributed by atoms with Gasteiger partial charge in [-0.05, 0) is 38.8 Å². The third kappa shape index (κ3) is 4.44. The lowest BCUT2D eigenvalue weighted by atomic mass is 9.99. The zero-order chi connectivity index (χ0) is 21.0. The Morgan fingerprint density at radius 2 is 2.00 bits per heavy atom. The molecular formula is C22H31N5O2. The molecule has 3 rings (SSSR count). The molecule has 1 N–H and O–H groups in total. The van der Waals surface area contributed by atoms with E-state index in [0.29, 0.717) is 13.1 Å². The maximum atomic E-state index is 12.0. The Hall–Kier alpha value is -2.83. The van der Waals surface area contributed by atoms with Crippen LogP contribution in [0.2, 0.25) is 0 Å². The van der Waals surface area contributed by atoms with Crippen molar-refractivity contribution in [2.24, 2.45) is 16.8 Å². The summed E-state index contributed by atoms with van der Waals surface area (Å²) in [5.74, 6) is 0.799. The minimum Gasteiger partial charge on any atom is -0.469 e. The van der Waals surface area contributed by atoms with E-state index in [9.17, 15) is 4.79 Å². The van der Waals surface area contributed by atoms with Crippen LogP contribution in [0.1, 0.15) is 30.8 Å². The number of likely N-dealkylation sites (tertiary alicyclic amines) is 1. The number of methoxy groups -OCH3 is 1. The summed E-state index contributed by atoms with van der Waals surface area (Å²) in [6.07, 6.45) is 0. The van der Waals surface area contributed by atoms with E-state index in [1.807, 2.05) is 29.8 Å². The first-order valence-corrected chi connectivity index (χ1v) is 10.2. The van der Waals surface area contributed by atoms with Crippen molar-refractivity contribution in [3.05, 3.63) is 47.3 Å². The van der Waals surface area contributed by atoms with Gasteiger partial charge >= 0.3 is 5.97 Å². The van der Waals surface area contributed by atoms with E-state index in [1.54, 1.807) is 0 Å². The van der Waals surface area contributed by atoms with Crippen LogP contribution in [0.25, 0.3) is 5.69 Å². The molecule has 0 amide bonds. The molecule has 2 heterocycles. The molecule has 2 aromatic rings. The van der Waals surface area contributed by atoms with Crippen LogP contribution in [0, 0.1) is 25.7 Å². The Balaban J connectivity index is 1.81. The van der Waals surface area contributed by atoms with E-state index in [0.717, 1.165) is 41.7 Å². The molecule has 7 nitrogen and oxygen atoms in total. The molecule has 0 bridgehead atoms. The van der Waals surface area contributed by atoms with Crippen LogP contribution in [0.15, 0.2) is 35.3 Å². The summed E-state index contributed by atoms with van der Waals surface area (Å²) in [4.78, 5) is 19.1. The van der Waals surface area contributed by atoms with Gasteiger partial charge < -0.3 is 15.0 Å². The van der Waals surface area contributed by atoms with Crippen LogP contribution in [0.3, 0.4) is 0 Å². The summed E-state index contributed by atoms with van der Waals surface area (Å²) in [5, 5.41) is 8.08. The second kappa shape index (κ2) is 9.11. The first-order valence-electron chi connectivity index (χ1n) is 10.2. The molecule has 0 saturated carbocycles. The molecule has 2 atom stereocenters. The summed E-state index contributed by atoms with van der Waals surface area (Å²) >= 11 is 0. The lowest BCUT2D eigenvalue weighted by Crippen LogP contribution is -2.40. The fraction of sp³-hybridized carbons (Fsp3) is 0.500. The van der Waals surface area contributed by atoms with Crippen LogP contribution in [0.4, 0.5) is 0 Å². The Kier molecular flexibility index (Phi) is 6.56. The zero-order valence-electron chi connectivity index (χ0n) is 18.0. The molecular weight excluding hydrogens is 366 g/mol. The third-order valence-corrected chi connectivity index (χ3v) is 5.58. The Morgan fingerprint density at radius 3 is 2.66 bits per heavy atom. The summed E-state index contributed by atoms with van der Waals surface area (Å²) in [5.41, 5.74) is 4.24. The fourth-order valence-electron chi connectivity index (χ4n) is 3.90. The highest BCUT2D eigenvalue weighted by molar-refractivity contribution is 5.82. The predicted octanol–water partition coefficient (Wildman–Crippen LogP) is 2.70. The summed E-state index contributed by atoms with van der Waals surface area (Å²) in [6.45, 7) is 11.0. The van der Waals surface area contributed by atoms with E-state index >= 15 is 0 Å². The van der Waals surface area contributed by atoms with Gasteiger partial charge in [-0.1, -0.05) is 25.1 Å². The van der Waals surface area contributed by atoms with E-state index in [4.69, 9.17) is 14.8 Å². The molecule has 1 aromatic carbocycles. The van der Waals surface area contributed by atoms with Gasteiger partial charge in [0.1, 0.15) is 0 Å². The van der Waals surface area contributed by atoms with Gasteiger partial charge in [0.25, 0.3) is 0 Å². The van der Waals surface area contributed by atoms with Crippen molar-refractivity contribution in [3.63, 3.8) is 0 Å². The molecule has 2 unspecified atom stereocenters. The maximum Gasteiger partial charge on any atom is 0.310 e. The molecule has 1 aliphatic rings. The fourth-order valence-corrected chi connectivity index (χ4v) is 3.90. The molecule has 1 aromatic heterocycles. The number of hydrogen-bond donors (Lipinski definition) is 1. The predicted molar refractivity (Wildman–Crippen MR) is 114 cm³/mol. The second-order valence-electron chi connectivity index (χ2n) is 7.58. The molecule has 1 aliphatic heterocycles. The molecule has 29 heavy (non-hydrogen) atoms. The normalized spacial score (nSPS) is 19.5. The van der Waals surface area contributed by atoms with Gasteiger partial charge in [-0.3, -0.25) is 4.79 Å². The van der Waals surface area contributed by atoms with Gasteiger partial charge in [0.15, 0.2) is 5.96 Å². The Bertz CT molecular complexity index is 875. The Labute approximate surface area is 172 Å². The summed E-state index contributed by atoms with van der Waals surface area (Å²) in [7, 11) is 1.45. The lowest BCUT2D eigenvalue weighted by molar-refractivity contribution is -0.145. The molecule has 0 spiro atoms. The van der Waals surface area contributed by atoms with Gasteiger partial charge in [-0.25, -0.2) is 9.67 Å². The van der Waals surface area contributed by atoms with Crippen molar-refractivity contribution < 1.29 is 9.53 Å². The number of benzene rings is 1. The van der Waals surface area contributed by atoms with E-state index in [1.165, 1.54) is 7.11 Å². The number of ether oxygens (including phenoxy) is 1. The number of nitrogens with one attached hydrogen (secondary N) is 1. The molecule has 0 aliphatic carbocycles. The third-order valence-electron chi connectivity index (χ3n) is 5.58. The topological polar surface area (TPSA) is 71.8 Å². The number of hydrogen-bond acceptors (Lipinski definition) is 4. The lowest BCUT2D eigenvalue weighted by Gasteiger charge is -2.21. The quantitative estimate of drug-likeness (QED) is 0.477. The second-order valence-corrected chi connectivity index (χ2v) is 7.58. The molecule has 0 radical (unpaired) electrons. The van der Waals surface area contributed by atoms with Crippen molar-refractivity contribution >= 4 is 11.9 Å². The van der Waals surface area contributed by atoms with E-state index < -0.39 is 0 Å². The molecule has 1 saturated heterocycles.